The van der Waals surface area contributed by atoms with Crippen molar-refractivity contribution >= 4 is 5.82 Å². The van der Waals surface area contributed by atoms with Crippen LogP contribution in [0.4, 0.5) is 5.82 Å². The van der Waals surface area contributed by atoms with E-state index in [0.29, 0.717) is 24.6 Å². The number of pyridine rings is 1. The maximum Gasteiger partial charge on any atom is 0.187 e. The third-order valence-corrected chi connectivity index (χ3v) is 2.11. The number of nitrogens with zero attached hydrogens (tertiary/aromatic N) is 1. The minimum atomic E-state index is -0.923. The highest BCUT2D eigenvalue weighted by Crippen LogP contribution is 2.23. The van der Waals surface area contributed by atoms with E-state index in [2.05, 4.69) is 4.98 Å². The lowest BCUT2D eigenvalue weighted by atomic mass is 10.1. The van der Waals surface area contributed by atoms with E-state index in [4.69, 9.17) is 15.2 Å². The summed E-state index contributed by atoms with van der Waals surface area (Å²) in [6.07, 6.45) is -0.0582. The van der Waals surface area contributed by atoms with Crippen molar-refractivity contribution in [3.8, 4) is 0 Å². The van der Waals surface area contributed by atoms with Gasteiger partial charge in [0.1, 0.15) is 11.9 Å². The molecule has 1 aromatic rings. The van der Waals surface area contributed by atoms with E-state index < -0.39 is 12.4 Å². The lowest BCUT2D eigenvalue weighted by Gasteiger charge is -2.23. The van der Waals surface area contributed by atoms with Gasteiger partial charge in [-0.15, -0.1) is 0 Å². The molecule has 3 N–H and O–H groups in total. The van der Waals surface area contributed by atoms with Gasteiger partial charge in [0.2, 0.25) is 0 Å². The van der Waals surface area contributed by atoms with Crippen LogP contribution in [0.5, 0.6) is 0 Å². The summed E-state index contributed by atoms with van der Waals surface area (Å²) >= 11 is 0. The molecule has 1 unspecified atom stereocenters. The number of ether oxygens (including phenoxy) is 2. The summed E-state index contributed by atoms with van der Waals surface area (Å²) in [5, 5.41) is 10.1. The van der Waals surface area contributed by atoms with Gasteiger partial charge in [0.05, 0.1) is 0 Å². The molecule has 0 aromatic carbocycles. The van der Waals surface area contributed by atoms with Gasteiger partial charge >= 0.3 is 0 Å². The highest BCUT2D eigenvalue weighted by Gasteiger charge is 2.23. The Morgan fingerprint density at radius 2 is 2.00 bits per heavy atom. The van der Waals surface area contributed by atoms with Gasteiger partial charge in [0, 0.05) is 25.0 Å². The van der Waals surface area contributed by atoms with E-state index in [1.54, 1.807) is 18.3 Å². The second-order valence-corrected chi connectivity index (χ2v) is 3.20. The maximum absolute atomic E-state index is 10.1. The first-order chi connectivity index (χ1) is 7.70. The van der Waals surface area contributed by atoms with Crippen molar-refractivity contribution in [3.63, 3.8) is 0 Å². The van der Waals surface area contributed by atoms with Crippen LogP contribution in [0, 0.1) is 0 Å². The van der Waals surface area contributed by atoms with Crippen LogP contribution in [0.15, 0.2) is 18.3 Å². The molecule has 0 bridgehead atoms. The molecule has 1 heterocycles. The molecular weight excluding hydrogens is 208 g/mol. The van der Waals surface area contributed by atoms with E-state index in [9.17, 15) is 5.11 Å². The second kappa shape index (κ2) is 6.42. The standard InChI is InChI=1S/C11H18N2O3/c1-3-15-11(16-4-2)9(14)8-6-5-7-13-10(8)12/h5-7,9,11,14H,3-4H2,1-2H3,(H2,12,13). The first-order valence-electron chi connectivity index (χ1n) is 5.32. The maximum atomic E-state index is 10.1. The molecule has 0 saturated heterocycles. The predicted molar refractivity (Wildman–Crippen MR) is 60.6 cm³/mol. The number of anilines is 1. The van der Waals surface area contributed by atoms with E-state index in [1.165, 1.54) is 0 Å². The summed E-state index contributed by atoms with van der Waals surface area (Å²) in [5.41, 5.74) is 6.19. The average Bonchev–Trinajstić information content (AvgIpc) is 2.28. The van der Waals surface area contributed by atoms with Crippen molar-refractivity contribution in [3.05, 3.63) is 23.9 Å². The molecule has 0 aliphatic rings. The molecule has 1 rings (SSSR count). The number of aliphatic hydroxyl groups excluding tert-OH is 1. The molecule has 16 heavy (non-hydrogen) atoms. The SMILES string of the molecule is CCOC(OCC)C(O)c1cccnc1N. The number of nitrogens with two attached hydrogens (primary N) is 1. The Morgan fingerprint density at radius 3 is 2.50 bits per heavy atom. The molecule has 90 valence electrons. The monoisotopic (exact) mass is 226 g/mol. The molecule has 0 spiro atoms. The molecular formula is C11H18N2O3. The molecule has 1 atom stereocenters. The zero-order valence-electron chi connectivity index (χ0n) is 9.59. The Morgan fingerprint density at radius 1 is 1.38 bits per heavy atom. The molecule has 0 radical (unpaired) electrons. The molecule has 5 nitrogen and oxygen atoms in total. The highest BCUT2D eigenvalue weighted by molar-refractivity contribution is 5.40. The molecule has 5 heteroatoms. The Bertz CT molecular complexity index is 314. The van der Waals surface area contributed by atoms with Crippen molar-refractivity contribution in [2.75, 3.05) is 18.9 Å². The van der Waals surface area contributed by atoms with Crippen LogP contribution in [-0.4, -0.2) is 29.6 Å². The van der Waals surface area contributed by atoms with Crippen LogP contribution < -0.4 is 5.73 Å². The Kier molecular flexibility index (Phi) is 5.18. The summed E-state index contributed by atoms with van der Waals surface area (Å²) in [5.74, 6) is 0.291. The molecule has 0 aliphatic carbocycles. The predicted octanol–water partition coefficient (Wildman–Crippen LogP) is 1.10. The number of hydrogen-bond acceptors (Lipinski definition) is 5. The van der Waals surface area contributed by atoms with Gasteiger partial charge in [0.15, 0.2) is 6.29 Å². The van der Waals surface area contributed by atoms with Crippen LogP contribution >= 0.6 is 0 Å². The smallest absolute Gasteiger partial charge is 0.187 e. The zero-order chi connectivity index (χ0) is 12.0. The van der Waals surface area contributed by atoms with Gasteiger partial charge in [-0.2, -0.15) is 0 Å². The van der Waals surface area contributed by atoms with Crippen molar-refractivity contribution < 1.29 is 14.6 Å². The Labute approximate surface area is 95.2 Å². The van der Waals surface area contributed by atoms with Crippen LogP contribution in [0.25, 0.3) is 0 Å². The summed E-state index contributed by atoms with van der Waals surface area (Å²) in [6, 6.07) is 3.42. The van der Waals surface area contributed by atoms with Gasteiger partial charge < -0.3 is 20.3 Å². The average molecular weight is 226 g/mol. The van der Waals surface area contributed by atoms with Crippen LogP contribution in [0.3, 0.4) is 0 Å². The third kappa shape index (κ3) is 3.16. The number of hydrogen-bond donors (Lipinski definition) is 2. The van der Waals surface area contributed by atoms with Crippen molar-refractivity contribution in [2.45, 2.75) is 26.2 Å². The molecule has 1 aromatic heterocycles. The summed E-state index contributed by atoms with van der Waals surface area (Å²) < 4.78 is 10.6. The van der Waals surface area contributed by atoms with Gasteiger partial charge in [-0.25, -0.2) is 4.98 Å². The van der Waals surface area contributed by atoms with Gasteiger partial charge in [-0.05, 0) is 19.9 Å². The highest BCUT2D eigenvalue weighted by atomic mass is 16.7. The lowest BCUT2D eigenvalue weighted by Crippen LogP contribution is -2.26. The van der Waals surface area contributed by atoms with E-state index in [-0.39, 0.29) is 0 Å². The van der Waals surface area contributed by atoms with Gasteiger partial charge in [0.25, 0.3) is 0 Å². The van der Waals surface area contributed by atoms with Crippen LogP contribution in [0.2, 0.25) is 0 Å². The van der Waals surface area contributed by atoms with E-state index in [1.807, 2.05) is 13.8 Å². The topological polar surface area (TPSA) is 77.6 Å². The van der Waals surface area contributed by atoms with Crippen molar-refractivity contribution in [2.24, 2.45) is 0 Å². The second-order valence-electron chi connectivity index (χ2n) is 3.20. The van der Waals surface area contributed by atoms with Crippen LogP contribution in [0.1, 0.15) is 25.5 Å². The first kappa shape index (κ1) is 12.9. The van der Waals surface area contributed by atoms with Gasteiger partial charge in [-0.1, -0.05) is 6.07 Å². The van der Waals surface area contributed by atoms with E-state index >= 15 is 0 Å². The fourth-order valence-corrected chi connectivity index (χ4v) is 1.39. The molecule has 0 aliphatic heterocycles. The zero-order valence-corrected chi connectivity index (χ0v) is 9.59. The third-order valence-electron chi connectivity index (χ3n) is 2.11. The fraction of sp³-hybridized carbons (Fsp3) is 0.545. The molecule has 0 fully saturated rings. The normalized spacial score (nSPS) is 13.0. The van der Waals surface area contributed by atoms with E-state index in [0.717, 1.165) is 0 Å². The van der Waals surface area contributed by atoms with Crippen molar-refractivity contribution in [1.29, 1.82) is 0 Å². The minimum Gasteiger partial charge on any atom is -0.383 e. The molecule has 0 amide bonds. The summed E-state index contributed by atoms with van der Waals surface area (Å²) in [4.78, 5) is 3.91. The fourth-order valence-electron chi connectivity index (χ4n) is 1.39. The summed E-state index contributed by atoms with van der Waals surface area (Å²) in [6.45, 7) is 4.60. The number of nitrogen functional groups attached to an aromatic ring is 1. The quantitative estimate of drug-likeness (QED) is 0.710. The number of aromatic nitrogens is 1. The lowest BCUT2D eigenvalue weighted by molar-refractivity contribution is -0.191. The Balaban J connectivity index is 2.81. The van der Waals surface area contributed by atoms with Gasteiger partial charge in [-0.3, -0.25) is 0 Å². The Hall–Kier alpha value is -1.17. The largest absolute Gasteiger partial charge is 0.383 e. The van der Waals surface area contributed by atoms with Crippen molar-refractivity contribution in [1.82, 2.24) is 4.98 Å². The molecule has 0 saturated carbocycles. The first-order valence-corrected chi connectivity index (χ1v) is 5.32. The number of aliphatic hydroxyl groups is 1. The number of rotatable bonds is 6. The minimum absolute atomic E-state index is 0.291. The summed E-state index contributed by atoms with van der Waals surface area (Å²) in [7, 11) is 0. The van der Waals surface area contributed by atoms with Crippen LogP contribution in [-0.2, 0) is 9.47 Å².